The van der Waals surface area contributed by atoms with Gasteiger partial charge in [-0.25, -0.2) is 9.59 Å². The van der Waals surface area contributed by atoms with Gasteiger partial charge in [0.15, 0.2) is 0 Å². The lowest BCUT2D eigenvalue weighted by Gasteiger charge is -2.10. The van der Waals surface area contributed by atoms with E-state index in [0.717, 1.165) is 27.5 Å². The zero-order valence-electron chi connectivity index (χ0n) is 14.4. The minimum Gasteiger partial charge on any atom is -0.489 e. The van der Waals surface area contributed by atoms with Crippen molar-refractivity contribution in [1.82, 2.24) is 0 Å². The fourth-order valence-electron chi connectivity index (χ4n) is 2.94. The van der Waals surface area contributed by atoms with Crippen LogP contribution in [0.5, 0.6) is 5.75 Å². The molecule has 2 heterocycles. The van der Waals surface area contributed by atoms with Crippen molar-refractivity contribution in [2.24, 2.45) is 0 Å². The molecule has 0 aliphatic carbocycles. The number of rotatable bonds is 3. The van der Waals surface area contributed by atoms with Crippen molar-refractivity contribution in [3.63, 3.8) is 0 Å². The van der Waals surface area contributed by atoms with Crippen molar-refractivity contribution in [2.75, 3.05) is 0 Å². The molecule has 0 saturated heterocycles. The molecule has 26 heavy (non-hydrogen) atoms. The molecule has 5 heteroatoms. The third-order valence-corrected chi connectivity index (χ3v) is 4.51. The lowest BCUT2D eigenvalue weighted by atomic mass is 10.0. The maximum absolute atomic E-state index is 11.9. The molecular weight excluding hydrogens is 332 g/mol. The summed E-state index contributed by atoms with van der Waals surface area (Å²) in [5, 5.41) is 1.66. The summed E-state index contributed by atoms with van der Waals surface area (Å²) in [7, 11) is 0. The largest absolute Gasteiger partial charge is 0.489 e. The molecule has 0 bridgehead atoms. The summed E-state index contributed by atoms with van der Waals surface area (Å²) < 4.78 is 16.4. The first-order valence-corrected chi connectivity index (χ1v) is 8.21. The lowest BCUT2D eigenvalue weighted by Crippen LogP contribution is -2.05. The predicted octanol–water partition coefficient (Wildman–Crippen LogP) is 4.10. The number of ether oxygens (including phenoxy) is 1. The summed E-state index contributed by atoms with van der Waals surface area (Å²) in [4.78, 5) is 23.3. The van der Waals surface area contributed by atoms with Gasteiger partial charge in [0, 0.05) is 34.5 Å². The number of benzene rings is 2. The van der Waals surface area contributed by atoms with Crippen LogP contribution in [0.4, 0.5) is 0 Å². The third-order valence-electron chi connectivity index (χ3n) is 4.51. The van der Waals surface area contributed by atoms with E-state index < -0.39 is 11.3 Å². The monoisotopic (exact) mass is 348 g/mol. The molecule has 0 fully saturated rings. The minimum absolute atomic E-state index is 0.202. The van der Waals surface area contributed by atoms with E-state index in [-0.39, 0.29) is 6.61 Å². The average molecular weight is 348 g/mol. The van der Waals surface area contributed by atoms with Gasteiger partial charge in [0.1, 0.15) is 23.5 Å². The van der Waals surface area contributed by atoms with Gasteiger partial charge in [-0.15, -0.1) is 0 Å². The molecule has 5 nitrogen and oxygen atoms in total. The van der Waals surface area contributed by atoms with Gasteiger partial charge in [-0.3, -0.25) is 0 Å². The van der Waals surface area contributed by atoms with E-state index in [2.05, 4.69) is 0 Å². The first-order valence-electron chi connectivity index (χ1n) is 8.21. The standard InChI is InChI=1S/C21H16O5/c1-12-3-7-17-15(9-20(23)26-21(17)13(12)2)11-24-16-6-4-14-5-8-19(22)25-18(14)10-16/h3-10H,11H2,1-2H3. The Morgan fingerprint density at radius 3 is 2.54 bits per heavy atom. The van der Waals surface area contributed by atoms with Gasteiger partial charge in [0.2, 0.25) is 0 Å². The lowest BCUT2D eigenvalue weighted by molar-refractivity contribution is 0.306. The van der Waals surface area contributed by atoms with Crippen LogP contribution in [0.3, 0.4) is 0 Å². The Morgan fingerprint density at radius 2 is 1.69 bits per heavy atom. The maximum atomic E-state index is 11.9. The molecule has 0 aliphatic rings. The van der Waals surface area contributed by atoms with Crippen LogP contribution in [-0.2, 0) is 6.61 Å². The summed E-state index contributed by atoms with van der Waals surface area (Å²) in [5.41, 5.74) is 2.96. The maximum Gasteiger partial charge on any atom is 0.336 e. The molecule has 130 valence electrons. The highest BCUT2D eigenvalue weighted by molar-refractivity contribution is 5.84. The molecule has 2 aromatic carbocycles. The number of hydrogen-bond acceptors (Lipinski definition) is 5. The van der Waals surface area contributed by atoms with Crippen molar-refractivity contribution in [3.05, 3.63) is 86.1 Å². The van der Waals surface area contributed by atoms with E-state index >= 15 is 0 Å². The van der Waals surface area contributed by atoms with E-state index in [1.807, 2.05) is 32.0 Å². The van der Waals surface area contributed by atoms with Gasteiger partial charge in [0.05, 0.1) is 0 Å². The summed E-state index contributed by atoms with van der Waals surface area (Å²) in [6, 6.07) is 13.7. The van der Waals surface area contributed by atoms with Gasteiger partial charge in [-0.2, -0.15) is 0 Å². The highest BCUT2D eigenvalue weighted by Gasteiger charge is 2.10. The van der Waals surface area contributed by atoms with E-state index in [1.54, 1.807) is 18.2 Å². The first-order chi connectivity index (χ1) is 12.5. The zero-order valence-corrected chi connectivity index (χ0v) is 14.4. The second kappa shape index (κ2) is 6.19. The molecular formula is C21H16O5. The second-order valence-electron chi connectivity index (χ2n) is 6.22. The topological polar surface area (TPSA) is 69.7 Å². The molecule has 0 aliphatic heterocycles. The second-order valence-corrected chi connectivity index (χ2v) is 6.22. The highest BCUT2D eigenvalue weighted by Crippen LogP contribution is 2.25. The Morgan fingerprint density at radius 1 is 0.885 bits per heavy atom. The quantitative estimate of drug-likeness (QED) is 0.522. The van der Waals surface area contributed by atoms with E-state index in [9.17, 15) is 9.59 Å². The van der Waals surface area contributed by atoms with Gasteiger partial charge >= 0.3 is 11.3 Å². The fourth-order valence-corrected chi connectivity index (χ4v) is 2.94. The zero-order chi connectivity index (χ0) is 18.3. The van der Waals surface area contributed by atoms with Crippen LogP contribution in [0, 0.1) is 13.8 Å². The summed E-state index contributed by atoms with van der Waals surface area (Å²) in [5.74, 6) is 0.553. The molecule has 0 saturated carbocycles. The van der Waals surface area contributed by atoms with Crippen molar-refractivity contribution in [2.45, 2.75) is 20.5 Å². The van der Waals surface area contributed by atoms with Crippen LogP contribution in [0.25, 0.3) is 21.9 Å². The Hall–Kier alpha value is -3.34. The van der Waals surface area contributed by atoms with Crippen LogP contribution in [0.1, 0.15) is 16.7 Å². The molecule has 0 spiro atoms. The van der Waals surface area contributed by atoms with Crippen LogP contribution in [-0.4, -0.2) is 0 Å². The van der Waals surface area contributed by atoms with Crippen LogP contribution in [0.2, 0.25) is 0 Å². The van der Waals surface area contributed by atoms with Gasteiger partial charge in [0.25, 0.3) is 0 Å². The highest BCUT2D eigenvalue weighted by atomic mass is 16.5. The van der Waals surface area contributed by atoms with Crippen molar-refractivity contribution >= 4 is 21.9 Å². The molecule has 2 aromatic heterocycles. The fraction of sp³-hybridized carbons (Fsp3) is 0.143. The van der Waals surface area contributed by atoms with Crippen molar-refractivity contribution in [1.29, 1.82) is 0 Å². The Bertz CT molecular complexity index is 1250. The van der Waals surface area contributed by atoms with Crippen LogP contribution in [0.15, 0.2) is 67.0 Å². The van der Waals surface area contributed by atoms with Gasteiger partial charge in [-0.05, 0) is 43.2 Å². The normalized spacial score (nSPS) is 11.2. The predicted molar refractivity (Wildman–Crippen MR) is 98.8 cm³/mol. The first kappa shape index (κ1) is 16.1. The average Bonchev–Trinajstić information content (AvgIpc) is 2.62. The molecule has 0 atom stereocenters. The molecule has 0 amide bonds. The Labute approximate surface area is 148 Å². The SMILES string of the molecule is Cc1ccc2c(COc3ccc4ccc(=O)oc4c3)cc(=O)oc2c1C. The molecule has 0 unspecified atom stereocenters. The van der Waals surface area contributed by atoms with E-state index in [0.29, 0.717) is 16.9 Å². The molecule has 4 aromatic rings. The number of aryl methyl sites for hydroxylation is 2. The summed E-state index contributed by atoms with van der Waals surface area (Å²) >= 11 is 0. The molecule has 4 rings (SSSR count). The van der Waals surface area contributed by atoms with Crippen LogP contribution >= 0.6 is 0 Å². The smallest absolute Gasteiger partial charge is 0.336 e. The number of hydrogen-bond donors (Lipinski definition) is 0. The summed E-state index contributed by atoms with van der Waals surface area (Å²) in [6.07, 6.45) is 0. The molecule has 0 radical (unpaired) electrons. The Balaban J connectivity index is 1.71. The van der Waals surface area contributed by atoms with Crippen molar-refractivity contribution < 1.29 is 13.6 Å². The van der Waals surface area contributed by atoms with E-state index in [1.165, 1.54) is 12.1 Å². The van der Waals surface area contributed by atoms with Gasteiger partial charge in [-0.1, -0.05) is 12.1 Å². The third kappa shape index (κ3) is 2.88. The Kier molecular flexibility index (Phi) is 3.84. The molecule has 0 N–H and O–H groups in total. The van der Waals surface area contributed by atoms with Crippen LogP contribution < -0.4 is 16.0 Å². The summed E-state index contributed by atoms with van der Waals surface area (Å²) in [6.45, 7) is 4.10. The van der Waals surface area contributed by atoms with Gasteiger partial charge < -0.3 is 13.6 Å². The van der Waals surface area contributed by atoms with E-state index in [4.69, 9.17) is 13.6 Å². The minimum atomic E-state index is -0.410. The van der Waals surface area contributed by atoms with Crippen molar-refractivity contribution in [3.8, 4) is 5.75 Å². The number of fused-ring (bicyclic) bond motifs is 2.